The minimum absolute atomic E-state index is 0.0678. The van der Waals surface area contributed by atoms with Gasteiger partial charge in [-0.3, -0.25) is 0 Å². The Morgan fingerprint density at radius 1 is 1.62 bits per heavy atom. The molecule has 0 spiro atoms. The molecule has 1 unspecified atom stereocenters. The van der Waals surface area contributed by atoms with Gasteiger partial charge >= 0.3 is 0 Å². The highest BCUT2D eigenvalue weighted by Crippen LogP contribution is 2.17. The molecule has 0 radical (unpaired) electrons. The van der Waals surface area contributed by atoms with Gasteiger partial charge in [0.15, 0.2) is 11.6 Å². The van der Waals surface area contributed by atoms with E-state index in [4.69, 9.17) is 16.3 Å². The maximum Gasteiger partial charge on any atom is 0.166 e. The zero-order valence-electron chi connectivity index (χ0n) is 9.46. The highest BCUT2D eigenvalue weighted by Gasteiger charge is 2.11. The van der Waals surface area contributed by atoms with E-state index in [0.717, 1.165) is 12.8 Å². The van der Waals surface area contributed by atoms with E-state index in [9.17, 15) is 4.39 Å². The van der Waals surface area contributed by atoms with Gasteiger partial charge in [-0.15, -0.1) is 0 Å². The van der Waals surface area contributed by atoms with Gasteiger partial charge in [-0.2, -0.15) is 0 Å². The Morgan fingerprint density at radius 3 is 2.94 bits per heavy atom. The second kappa shape index (κ2) is 6.66. The third-order valence-corrected chi connectivity index (χ3v) is 2.36. The molecule has 0 aliphatic rings. The van der Waals surface area contributed by atoms with Crippen LogP contribution in [0.25, 0.3) is 0 Å². The summed E-state index contributed by atoms with van der Waals surface area (Å²) in [6, 6.07) is 1.31. The van der Waals surface area contributed by atoms with Crippen LogP contribution in [0.4, 0.5) is 10.2 Å². The predicted molar refractivity (Wildman–Crippen MR) is 63.4 cm³/mol. The van der Waals surface area contributed by atoms with Crippen LogP contribution < -0.4 is 5.32 Å². The molecule has 0 bridgehead atoms. The van der Waals surface area contributed by atoms with Gasteiger partial charge in [0.1, 0.15) is 0 Å². The van der Waals surface area contributed by atoms with Gasteiger partial charge in [0.25, 0.3) is 0 Å². The van der Waals surface area contributed by atoms with Crippen molar-refractivity contribution < 1.29 is 9.13 Å². The Hall–Kier alpha value is -0.870. The zero-order chi connectivity index (χ0) is 12.0. The molecule has 16 heavy (non-hydrogen) atoms. The van der Waals surface area contributed by atoms with Gasteiger partial charge in [0.2, 0.25) is 0 Å². The van der Waals surface area contributed by atoms with Crippen LogP contribution in [0.15, 0.2) is 12.3 Å². The van der Waals surface area contributed by atoms with Crippen LogP contribution in [-0.2, 0) is 4.74 Å². The van der Waals surface area contributed by atoms with E-state index >= 15 is 0 Å². The van der Waals surface area contributed by atoms with Crippen molar-refractivity contribution in [3.8, 4) is 0 Å². The van der Waals surface area contributed by atoms with E-state index in [1.165, 1.54) is 12.3 Å². The summed E-state index contributed by atoms with van der Waals surface area (Å²) in [6.45, 7) is 2.59. The molecular formula is C11H16ClFN2O. The third kappa shape index (κ3) is 3.94. The lowest BCUT2D eigenvalue weighted by Crippen LogP contribution is -2.25. The van der Waals surface area contributed by atoms with Crippen LogP contribution in [0, 0.1) is 5.82 Å². The number of pyridine rings is 1. The minimum Gasteiger partial charge on any atom is -0.383 e. The van der Waals surface area contributed by atoms with E-state index in [-0.39, 0.29) is 11.9 Å². The molecule has 1 aromatic rings. The molecule has 1 N–H and O–H groups in total. The van der Waals surface area contributed by atoms with Crippen LogP contribution in [0.3, 0.4) is 0 Å². The van der Waals surface area contributed by atoms with Crippen LogP contribution in [0.2, 0.25) is 5.02 Å². The SMILES string of the molecule is CCCC(COC)Nc1ncc(Cl)cc1F. The number of hydrogen-bond donors (Lipinski definition) is 1. The van der Waals surface area contributed by atoms with Crippen molar-refractivity contribution in [2.75, 3.05) is 19.0 Å². The van der Waals surface area contributed by atoms with Gasteiger partial charge in [0, 0.05) is 13.3 Å². The summed E-state index contributed by atoms with van der Waals surface area (Å²) in [6.07, 6.45) is 3.32. The molecule has 0 saturated heterocycles. The van der Waals surface area contributed by atoms with Crippen LogP contribution >= 0.6 is 11.6 Å². The highest BCUT2D eigenvalue weighted by molar-refractivity contribution is 6.30. The summed E-state index contributed by atoms with van der Waals surface area (Å²) in [5, 5.41) is 3.30. The summed E-state index contributed by atoms with van der Waals surface area (Å²) in [5.41, 5.74) is 0. The van der Waals surface area contributed by atoms with Gasteiger partial charge in [-0.05, 0) is 12.5 Å². The van der Waals surface area contributed by atoms with Crippen LogP contribution in [0.1, 0.15) is 19.8 Å². The lowest BCUT2D eigenvalue weighted by molar-refractivity contribution is 0.182. The molecule has 0 aromatic carbocycles. The number of nitrogens with one attached hydrogen (secondary N) is 1. The summed E-state index contributed by atoms with van der Waals surface area (Å²) >= 11 is 5.62. The molecule has 0 aliphatic carbocycles. The number of rotatable bonds is 6. The van der Waals surface area contributed by atoms with Crippen molar-refractivity contribution in [1.82, 2.24) is 4.98 Å². The van der Waals surface area contributed by atoms with E-state index < -0.39 is 5.82 Å². The van der Waals surface area contributed by atoms with Crippen molar-refractivity contribution in [3.63, 3.8) is 0 Å². The molecule has 0 amide bonds. The summed E-state index contributed by atoms with van der Waals surface area (Å²) in [7, 11) is 1.62. The Kier molecular flexibility index (Phi) is 5.49. The second-order valence-electron chi connectivity index (χ2n) is 3.57. The Balaban J connectivity index is 2.68. The normalized spacial score (nSPS) is 12.5. The zero-order valence-corrected chi connectivity index (χ0v) is 10.2. The average Bonchev–Trinajstić information content (AvgIpc) is 2.23. The van der Waals surface area contributed by atoms with Crippen molar-refractivity contribution in [2.24, 2.45) is 0 Å². The highest BCUT2D eigenvalue weighted by atomic mass is 35.5. The van der Waals surface area contributed by atoms with Crippen molar-refractivity contribution in [1.29, 1.82) is 0 Å². The Bertz CT molecular complexity index is 330. The van der Waals surface area contributed by atoms with Crippen LogP contribution in [0.5, 0.6) is 0 Å². The number of halogens is 2. The second-order valence-corrected chi connectivity index (χ2v) is 4.01. The quantitative estimate of drug-likeness (QED) is 0.838. The largest absolute Gasteiger partial charge is 0.383 e. The van der Waals surface area contributed by atoms with E-state index in [1.54, 1.807) is 7.11 Å². The predicted octanol–water partition coefficient (Wildman–Crippen LogP) is 3.10. The number of anilines is 1. The molecule has 3 nitrogen and oxygen atoms in total. The fraction of sp³-hybridized carbons (Fsp3) is 0.545. The lowest BCUT2D eigenvalue weighted by Gasteiger charge is -2.17. The standard InChI is InChI=1S/C11H16ClFN2O/c1-3-4-9(7-16-2)15-11-10(13)5-8(12)6-14-11/h5-6,9H,3-4,7H2,1-2H3,(H,14,15). The van der Waals surface area contributed by atoms with Crippen molar-refractivity contribution >= 4 is 17.4 Å². The molecule has 5 heteroatoms. The van der Waals surface area contributed by atoms with Gasteiger partial charge < -0.3 is 10.1 Å². The lowest BCUT2D eigenvalue weighted by atomic mass is 10.2. The van der Waals surface area contributed by atoms with Gasteiger partial charge in [-0.1, -0.05) is 24.9 Å². The molecule has 0 aliphatic heterocycles. The van der Waals surface area contributed by atoms with E-state index in [2.05, 4.69) is 17.2 Å². The number of nitrogens with zero attached hydrogens (tertiary/aromatic N) is 1. The van der Waals surface area contributed by atoms with Gasteiger partial charge in [-0.25, -0.2) is 9.37 Å². The minimum atomic E-state index is -0.440. The maximum absolute atomic E-state index is 13.4. The molecule has 0 saturated carbocycles. The molecule has 0 fully saturated rings. The molecule has 1 heterocycles. The number of aromatic nitrogens is 1. The molecule has 1 atom stereocenters. The van der Waals surface area contributed by atoms with Crippen molar-refractivity contribution in [3.05, 3.63) is 23.1 Å². The fourth-order valence-corrected chi connectivity index (χ4v) is 1.61. The number of hydrogen-bond acceptors (Lipinski definition) is 3. The fourth-order valence-electron chi connectivity index (χ4n) is 1.46. The first kappa shape index (κ1) is 13.2. The Morgan fingerprint density at radius 2 is 2.38 bits per heavy atom. The average molecular weight is 247 g/mol. The first-order valence-electron chi connectivity index (χ1n) is 5.23. The molecule has 90 valence electrons. The van der Waals surface area contributed by atoms with E-state index in [0.29, 0.717) is 11.6 Å². The van der Waals surface area contributed by atoms with Crippen LogP contribution in [-0.4, -0.2) is 24.7 Å². The maximum atomic E-state index is 13.4. The topological polar surface area (TPSA) is 34.1 Å². The monoisotopic (exact) mass is 246 g/mol. The van der Waals surface area contributed by atoms with E-state index in [1.807, 2.05) is 0 Å². The first-order valence-corrected chi connectivity index (χ1v) is 5.61. The third-order valence-electron chi connectivity index (χ3n) is 2.15. The summed E-state index contributed by atoms with van der Waals surface area (Å²) in [4.78, 5) is 3.91. The number of methoxy groups -OCH3 is 1. The molecule has 1 rings (SSSR count). The first-order chi connectivity index (χ1) is 7.67. The summed E-state index contributed by atoms with van der Waals surface area (Å²) in [5.74, 6) is -0.218. The molecule has 1 aromatic heterocycles. The molecular weight excluding hydrogens is 231 g/mol. The number of ether oxygens (including phenoxy) is 1. The Labute approximate surface area is 100.0 Å². The smallest absolute Gasteiger partial charge is 0.166 e. The van der Waals surface area contributed by atoms with Crippen molar-refractivity contribution in [2.45, 2.75) is 25.8 Å². The summed E-state index contributed by atoms with van der Waals surface area (Å²) < 4.78 is 18.5. The van der Waals surface area contributed by atoms with Gasteiger partial charge in [0.05, 0.1) is 17.7 Å².